The molecule has 116 valence electrons. The number of rotatable bonds is 7. The fraction of sp³-hybridized carbons (Fsp3) is 0.200. The highest BCUT2D eigenvalue weighted by Gasteiger charge is 2.10. The molecule has 1 aromatic rings. The Kier molecular flexibility index (Phi) is 7.04. The van der Waals surface area contributed by atoms with Gasteiger partial charge in [-0.2, -0.15) is 0 Å². The third-order valence-corrected chi connectivity index (χ3v) is 2.24. The van der Waals surface area contributed by atoms with Gasteiger partial charge in [-0.25, -0.2) is 14.4 Å². The molecule has 0 atom stereocenters. The maximum atomic E-state index is 11.5. The van der Waals surface area contributed by atoms with E-state index in [4.69, 9.17) is 4.74 Å². The van der Waals surface area contributed by atoms with E-state index in [0.717, 1.165) is 12.2 Å². The van der Waals surface area contributed by atoms with Gasteiger partial charge >= 0.3 is 17.9 Å². The number of benzene rings is 1. The Morgan fingerprint density at radius 2 is 1.68 bits per heavy atom. The van der Waals surface area contributed by atoms with Crippen LogP contribution in [0.15, 0.2) is 36.4 Å². The Morgan fingerprint density at radius 3 is 2.32 bits per heavy atom. The van der Waals surface area contributed by atoms with Crippen LogP contribution in [0.5, 0.6) is 5.75 Å². The lowest BCUT2D eigenvalue weighted by Gasteiger charge is -2.06. The normalized spacial score (nSPS) is 10.0. The van der Waals surface area contributed by atoms with Gasteiger partial charge in [0, 0.05) is 12.2 Å². The highest BCUT2D eigenvalue weighted by Crippen LogP contribution is 2.15. The molecule has 1 rings (SSSR count). The van der Waals surface area contributed by atoms with E-state index in [-0.39, 0.29) is 17.9 Å². The fourth-order valence-electron chi connectivity index (χ4n) is 1.33. The molecule has 0 aliphatic rings. The Bertz CT molecular complexity index is 589. The zero-order valence-corrected chi connectivity index (χ0v) is 11.8. The molecule has 0 spiro atoms. The van der Waals surface area contributed by atoms with Gasteiger partial charge in [0.2, 0.25) is 0 Å². The number of esters is 3. The highest BCUT2D eigenvalue weighted by atomic mass is 16.6. The zero-order chi connectivity index (χ0) is 16.4. The first-order valence-electron chi connectivity index (χ1n) is 6.33. The van der Waals surface area contributed by atoms with Crippen molar-refractivity contribution >= 4 is 24.2 Å². The minimum absolute atomic E-state index is 0.0700. The van der Waals surface area contributed by atoms with Gasteiger partial charge in [-0.05, 0) is 19.1 Å². The maximum Gasteiger partial charge on any atom is 0.349 e. The summed E-state index contributed by atoms with van der Waals surface area (Å²) < 4.78 is 14.0. The molecule has 0 N–H and O–H groups in total. The van der Waals surface area contributed by atoms with Crippen molar-refractivity contribution in [1.29, 1.82) is 0 Å². The molecule has 0 aliphatic carbocycles. The first kappa shape index (κ1) is 17.1. The number of para-hydroxylation sites is 1. The van der Waals surface area contributed by atoms with E-state index in [9.17, 15) is 19.2 Å². The third-order valence-electron chi connectivity index (χ3n) is 2.24. The van der Waals surface area contributed by atoms with Crippen LogP contribution in [-0.4, -0.2) is 37.4 Å². The smallest absolute Gasteiger partial charge is 0.349 e. The molecule has 0 heterocycles. The zero-order valence-electron chi connectivity index (χ0n) is 11.8. The predicted octanol–water partition coefficient (Wildman–Crippen LogP) is 1.07. The number of carbonyl (C=O) groups is 4. The van der Waals surface area contributed by atoms with Gasteiger partial charge in [-0.3, -0.25) is 4.79 Å². The van der Waals surface area contributed by atoms with Crippen LogP contribution in [0, 0.1) is 0 Å². The summed E-state index contributed by atoms with van der Waals surface area (Å²) in [7, 11) is 0. The first-order valence-corrected chi connectivity index (χ1v) is 6.33. The van der Waals surface area contributed by atoms with Gasteiger partial charge in [-0.1, -0.05) is 12.1 Å². The number of hydrogen-bond acceptors (Lipinski definition) is 7. The van der Waals surface area contributed by atoms with E-state index in [1.165, 1.54) is 12.1 Å². The summed E-state index contributed by atoms with van der Waals surface area (Å²) in [6, 6.07) is 6.11. The maximum absolute atomic E-state index is 11.5. The van der Waals surface area contributed by atoms with Crippen LogP contribution in [-0.2, 0) is 23.9 Å². The van der Waals surface area contributed by atoms with Crippen LogP contribution in [0.2, 0.25) is 0 Å². The summed E-state index contributed by atoms with van der Waals surface area (Å²) in [5.41, 5.74) is 0.199. The van der Waals surface area contributed by atoms with Crippen LogP contribution < -0.4 is 4.74 Å². The monoisotopic (exact) mass is 306 g/mol. The Hall–Kier alpha value is -2.96. The summed E-state index contributed by atoms with van der Waals surface area (Å²) in [5, 5.41) is 0. The van der Waals surface area contributed by atoms with Crippen LogP contribution in [0.1, 0.15) is 17.3 Å². The van der Waals surface area contributed by atoms with Crippen molar-refractivity contribution in [2.45, 2.75) is 6.92 Å². The van der Waals surface area contributed by atoms with Gasteiger partial charge in [0.05, 0.1) is 12.2 Å². The molecule has 0 aromatic heterocycles. The molecule has 1 aromatic carbocycles. The SMILES string of the molecule is CCOC(=O)/C=C\C(=O)OCC(=O)Oc1ccccc1C=O. The van der Waals surface area contributed by atoms with Crippen molar-refractivity contribution in [3.05, 3.63) is 42.0 Å². The second-order valence-corrected chi connectivity index (χ2v) is 3.82. The standard InChI is InChI=1S/C15H14O7/c1-2-20-13(17)7-8-14(18)21-10-15(19)22-12-6-4-3-5-11(12)9-16/h3-9H,2,10H2,1H3/b8-7-. The summed E-state index contributed by atoms with van der Waals surface area (Å²) >= 11 is 0. The molecule has 0 aliphatic heterocycles. The topological polar surface area (TPSA) is 96.0 Å². The molecule has 0 fully saturated rings. The van der Waals surface area contributed by atoms with Crippen molar-refractivity contribution in [3.8, 4) is 5.75 Å². The van der Waals surface area contributed by atoms with E-state index in [1.807, 2.05) is 0 Å². The highest BCUT2D eigenvalue weighted by molar-refractivity contribution is 5.92. The lowest BCUT2D eigenvalue weighted by atomic mass is 10.2. The van der Waals surface area contributed by atoms with Gasteiger partial charge < -0.3 is 14.2 Å². The van der Waals surface area contributed by atoms with Gasteiger partial charge in [0.1, 0.15) is 5.75 Å². The molecule has 22 heavy (non-hydrogen) atoms. The molecular weight excluding hydrogens is 292 g/mol. The van der Waals surface area contributed by atoms with Crippen molar-refractivity contribution in [3.63, 3.8) is 0 Å². The molecule has 7 nitrogen and oxygen atoms in total. The van der Waals surface area contributed by atoms with Gasteiger partial charge in [0.25, 0.3) is 0 Å². The molecule has 0 amide bonds. The summed E-state index contributed by atoms with van der Waals surface area (Å²) in [6.07, 6.45) is 2.26. The molecule has 0 saturated carbocycles. The lowest BCUT2D eigenvalue weighted by molar-refractivity contribution is -0.150. The Labute approximate surface area is 126 Å². The van der Waals surface area contributed by atoms with Crippen molar-refractivity contribution in [2.75, 3.05) is 13.2 Å². The van der Waals surface area contributed by atoms with E-state index in [2.05, 4.69) is 9.47 Å². The number of carbonyl (C=O) groups excluding carboxylic acids is 4. The number of hydrogen-bond donors (Lipinski definition) is 0. The first-order chi connectivity index (χ1) is 10.6. The van der Waals surface area contributed by atoms with E-state index in [0.29, 0.717) is 6.29 Å². The lowest BCUT2D eigenvalue weighted by Crippen LogP contribution is -2.18. The van der Waals surface area contributed by atoms with E-state index in [1.54, 1.807) is 19.1 Å². The average Bonchev–Trinajstić information content (AvgIpc) is 2.51. The molecule has 0 saturated heterocycles. The molecular formula is C15H14O7. The average molecular weight is 306 g/mol. The summed E-state index contributed by atoms with van der Waals surface area (Å²) in [4.78, 5) is 44.4. The fourth-order valence-corrected chi connectivity index (χ4v) is 1.33. The second-order valence-electron chi connectivity index (χ2n) is 3.82. The van der Waals surface area contributed by atoms with Gasteiger partial charge in [-0.15, -0.1) is 0 Å². The van der Waals surface area contributed by atoms with E-state index >= 15 is 0 Å². The molecule has 0 bridgehead atoms. The van der Waals surface area contributed by atoms with Crippen LogP contribution >= 0.6 is 0 Å². The minimum atomic E-state index is -0.895. The van der Waals surface area contributed by atoms with Crippen molar-refractivity contribution in [1.82, 2.24) is 0 Å². The largest absolute Gasteiger partial charge is 0.463 e. The summed E-state index contributed by atoms with van der Waals surface area (Å²) in [5.74, 6) is -2.37. The van der Waals surface area contributed by atoms with Crippen molar-refractivity contribution in [2.24, 2.45) is 0 Å². The molecule has 0 unspecified atom stereocenters. The van der Waals surface area contributed by atoms with Crippen molar-refractivity contribution < 1.29 is 33.4 Å². The number of ether oxygens (including phenoxy) is 3. The Morgan fingerprint density at radius 1 is 1.05 bits per heavy atom. The molecule has 0 radical (unpaired) electrons. The van der Waals surface area contributed by atoms with Crippen LogP contribution in [0.25, 0.3) is 0 Å². The predicted molar refractivity (Wildman–Crippen MR) is 74.2 cm³/mol. The second kappa shape index (κ2) is 9.06. The van der Waals surface area contributed by atoms with Crippen LogP contribution in [0.3, 0.4) is 0 Å². The van der Waals surface area contributed by atoms with Crippen LogP contribution in [0.4, 0.5) is 0 Å². The third kappa shape index (κ3) is 6.00. The number of aldehydes is 1. The summed E-state index contributed by atoms with van der Waals surface area (Å²) in [6.45, 7) is 1.15. The van der Waals surface area contributed by atoms with E-state index < -0.39 is 24.5 Å². The molecule has 7 heteroatoms. The quantitative estimate of drug-likeness (QED) is 0.322. The minimum Gasteiger partial charge on any atom is -0.463 e. The van der Waals surface area contributed by atoms with Gasteiger partial charge in [0.15, 0.2) is 12.9 Å². The Balaban J connectivity index is 2.44.